The second kappa shape index (κ2) is 7.43. The van der Waals surface area contributed by atoms with E-state index in [0.717, 1.165) is 5.56 Å². The molecule has 2 aromatic heterocycles. The average Bonchev–Trinajstić information content (AvgIpc) is 2.96. The van der Waals surface area contributed by atoms with Gasteiger partial charge in [0.15, 0.2) is 0 Å². The Morgan fingerprint density at radius 1 is 1.23 bits per heavy atom. The van der Waals surface area contributed by atoms with E-state index in [1.165, 1.54) is 10.9 Å². The van der Waals surface area contributed by atoms with Crippen LogP contribution in [0.1, 0.15) is 35.5 Å². The minimum Gasteiger partial charge on any atom is -0.494 e. The molecule has 0 unspecified atom stereocenters. The fraction of sp³-hybridized carbons (Fsp3) is 0.316. The van der Waals surface area contributed by atoms with Gasteiger partial charge in [0.2, 0.25) is 5.71 Å². The summed E-state index contributed by atoms with van der Waals surface area (Å²) in [5.74, 6) is 0.432. The first-order valence-electron chi connectivity index (χ1n) is 8.43. The molecule has 0 radical (unpaired) electrons. The van der Waals surface area contributed by atoms with Gasteiger partial charge in [0.1, 0.15) is 28.8 Å². The maximum atomic E-state index is 13.0. The number of fused-ring (bicyclic) bond motifs is 1. The third kappa shape index (κ3) is 3.20. The first kappa shape index (κ1) is 17.7. The van der Waals surface area contributed by atoms with Gasteiger partial charge in [-0.2, -0.15) is 0 Å². The van der Waals surface area contributed by atoms with Crippen LogP contribution in [0.2, 0.25) is 0 Å². The molecule has 3 rings (SSSR count). The highest BCUT2D eigenvalue weighted by Gasteiger charge is 2.24. The summed E-state index contributed by atoms with van der Waals surface area (Å²) in [6, 6.07) is 7.48. The van der Waals surface area contributed by atoms with E-state index in [2.05, 4.69) is 4.98 Å². The molecule has 0 aliphatic carbocycles. The maximum Gasteiger partial charge on any atom is 0.342 e. The zero-order chi connectivity index (χ0) is 18.7. The second-order valence-corrected chi connectivity index (χ2v) is 5.65. The number of ether oxygens (including phenoxy) is 2. The van der Waals surface area contributed by atoms with Crippen LogP contribution in [0.5, 0.6) is 5.75 Å². The van der Waals surface area contributed by atoms with E-state index in [-0.39, 0.29) is 35.4 Å². The van der Waals surface area contributed by atoms with Gasteiger partial charge in [-0.05, 0) is 26.8 Å². The van der Waals surface area contributed by atoms with E-state index >= 15 is 0 Å². The minimum absolute atomic E-state index is 0.130. The molecule has 0 N–H and O–H groups in total. The zero-order valence-corrected chi connectivity index (χ0v) is 14.9. The van der Waals surface area contributed by atoms with Gasteiger partial charge in [0.25, 0.3) is 5.56 Å². The number of nitrogens with zero attached hydrogens (tertiary/aromatic N) is 2. The lowest BCUT2D eigenvalue weighted by Crippen LogP contribution is -2.22. The number of carbonyl (C=O) groups is 1. The van der Waals surface area contributed by atoms with Crippen molar-refractivity contribution in [3.63, 3.8) is 0 Å². The summed E-state index contributed by atoms with van der Waals surface area (Å²) in [7, 11) is 0. The Kier molecular flexibility index (Phi) is 5.06. The molecule has 0 saturated carbocycles. The number of esters is 1. The largest absolute Gasteiger partial charge is 0.494 e. The van der Waals surface area contributed by atoms with Crippen molar-refractivity contribution in [3.05, 3.63) is 57.8 Å². The molecule has 0 aliphatic rings. The van der Waals surface area contributed by atoms with Gasteiger partial charge in [-0.15, -0.1) is 0 Å². The van der Waals surface area contributed by atoms with Gasteiger partial charge in [-0.3, -0.25) is 9.36 Å². The molecule has 0 bridgehead atoms. The van der Waals surface area contributed by atoms with Crippen LogP contribution in [0.4, 0.5) is 0 Å². The molecule has 136 valence electrons. The number of benzene rings is 1. The Hall–Kier alpha value is -3.09. The van der Waals surface area contributed by atoms with Crippen molar-refractivity contribution in [2.24, 2.45) is 0 Å². The van der Waals surface area contributed by atoms with Crippen molar-refractivity contribution < 1.29 is 18.7 Å². The summed E-state index contributed by atoms with van der Waals surface area (Å²) < 4.78 is 17.5. The molecule has 0 atom stereocenters. The average molecular weight is 356 g/mol. The van der Waals surface area contributed by atoms with E-state index < -0.39 is 5.97 Å². The highest BCUT2D eigenvalue weighted by Crippen LogP contribution is 2.23. The molecule has 0 aliphatic heterocycles. The Morgan fingerprint density at radius 2 is 2.00 bits per heavy atom. The topological polar surface area (TPSA) is 83.6 Å². The van der Waals surface area contributed by atoms with Crippen LogP contribution in [0.15, 0.2) is 39.8 Å². The van der Waals surface area contributed by atoms with Crippen molar-refractivity contribution in [1.29, 1.82) is 0 Å². The van der Waals surface area contributed by atoms with Crippen molar-refractivity contribution >= 4 is 17.1 Å². The predicted molar refractivity (Wildman–Crippen MR) is 95.7 cm³/mol. The molecule has 7 heteroatoms. The lowest BCUT2D eigenvalue weighted by Gasteiger charge is -2.11. The van der Waals surface area contributed by atoms with Crippen LogP contribution in [0.25, 0.3) is 11.1 Å². The van der Waals surface area contributed by atoms with E-state index in [9.17, 15) is 9.59 Å². The van der Waals surface area contributed by atoms with Gasteiger partial charge < -0.3 is 13.9 Å². The summed E-state index contributed by atoms with van der Waals surface area (Å²) in [4.78, 5) is 29.4. The second-order valence-electron chi connectivity index (χ2n) is 5.65. The van der Waals surface area contributed by atoms with Crippen molar-refractivity contribution in [1.82, 2.24) is 9.55 Å². The molecule has 0 amide bonds. The Labute approximate surface area is 150 Å². The van der Waals surface area contributed by atoms with Crippen molar-refractivity contribution in [2.75, 3.05) is 13.2 Å². The number of rotatable bonds is 6. The molecular formula is C19H20N2O5. The van der Waals surface area contributed by atoms with E-state index in [1.807, 2.05) is 31.2 Å². The highest BCUT2D eigenvalue weighted by molar-refractivity contribution is 6.03. The molecule has 0 spiro atoms. The lowest BCUT2D eigenvalue weighted by molar-refractivity contribution is 0.0526. The van der Waals surface area contributed by atoms with Gasteiger partial charge in [0.05, 0.1) is 19.8 Å². The summed E-state index contributed by atoms with van der Waals surface area (Å²) in [6.07, 6.45) is 1.41. The number of hydrogen-bond acceptors (Lipinski definition) is 6. The molecular weight excluding hydrogens is 336 g/mol. The number of para-hydroxylation sites is 1. The fourth-order valence-electron chi connectivity index (χ4n) is 2.81. The number of carbonyl (C=O) groups excluding carboxylic acids is 1. The third-order valence-corrected chi connectivity index (χ3v) is 3.95. The smallest absolute Gasteiger partial charge is 0.342 e. The van der Waals surface area contributed by atoms with Crippen LogP contribution in [-0.4, -0.2) is 28.7 Å². The Bertz CT molecular complexity index is 1000. The molecule has 0 saturated heterocycles. The van der Waals surface area contributed by atoms with Crippen molar-refractivity contribution in [2.45, 2.75) is 27.3 Å². The SMILES string of the molecule is CCOC(=O)c1c(C)oc2ncn(Cc3ccccc3OCC)c(=O)c12. The fourth-order valence-corrected chi connectivity index (χ4v) is 2.81. The van der Waals surface area contributed by atoms with E-state index in [1.54, 1.807) is 13.8 Å². The highest BCUT2D eigenvalue weighted by atomic mass is 16.5. The molecule has 0 fully saturated rings. The summed E-state index contributed by atoms with van der Waals surface area (Å²) >= 11 is 0. The van der Waals surface area contributed by atoms with Crippen LogP contribution in [-0.2, 0) is 11.3 Å². The first-order chi connectivity index (χ1) is 12.6. The molecule has 2 heterocycles. The summed E-state index contributed by atoms with van der Waals surface area (Å²) in [5, 5.41) is 0.136. The predicted octanol–water partition coefficient (Wildman–Crippen LogP) is 2.92. The standard InChI is InChI=1S/C19H20N2O5/c1-4-24-14-9-7-6-8-13(14)10-21-11-20-17-16(18(21)22)15(12(3)26-17)19(23)25-5-2/h6-9,11H,4-5,10H2,1-3H3. The third-order valence-electron chi connectivity index (χ3n) is 3.95. The number of aromatic nitrogens is 2. The quantitative estimate of drug-likeness (QED) is 0.632. The van der Waals surface area contributed by atoms with Gasteiger partial charge in [0, 0.05) is 5.56 Å². The summed E-state index contributed by atoms with van der Waals surface area (Å²) in [5.41, 5.74) is 0.744. The van der Waals surface area contributed by atoms with Crippen LogP contribution < -0.4 is 10.3 Å². The number of furan rings is 1. The normalized spacial score (nSPS) is 10.9. The molecule has 7 nitrogen and oxygen atoms in total. The summed E-state index contributed by atoms with van der Waals surface area (Å²) in [6.45, 7) is 6.22. The maximum absolute atomic E-state index is 13.0. The van der Waals surface area contributed by atoms with Crippen LogP contribution in [0.3, 0.4) is 0 Å². The molecule has 3 aromatic rings. The van der Waals surface area contributed by atoms with Crippen LogP contribution in [0, 0.1) is 6.92 Å². The molecule has 1 aromatic carbocycles. The van der Waals surface area contributed by atoms with Crippen molar-refractivity contribution in [3.8, 4) is 5.75 Å². The lowest BCUT2D eigenvalue weighted by atomic mass is 10.1. The van der Waals surface area contributed by atoms with Gasteiger partial charge in [-0.1, -0.05) is 18.2 Å². The van der Waals surface area contributed by atoms with Gasteiger partial charge in [-0.25, -0.2) is 9.78 Å². The van der Waals surface area contributed by atoms with E-state index in [0.29, 0.717) is 18.1 Å². The minimum atomic E-state index is -0.588. The zero-order valence-electron chi connectivity index (χ0n) is 14.9. The van der Waals surface area contributed by atoms with Gasteiger partial charge >= 0.3 is 5.97 Å². The number of hydrogen-bond donors (Lipinski definition) is 0. The monoisotopic (exact) mass is 356 g/mol. The number of aryl methyl sites for hydroxylation is 1. The Morgan fingerprint density at radius 3 is 2.73 bits per heavy atom. The van der Waals surface area contributed by atoms with Crippen LogP contribution >= 0.6 is 0 Å². The Balaban J connectivity index is 2.09. The van der Waals surface area contributed by atoms with E-state index in [4.69, 9.17) is 13.9 Å². The first-order valence-corrected chi connectivity index (χ1v) is 8.43. The molecule has 26 heavy (non-hydrogen) atoms.